The van der Waals surface area contributed by atoms with Gasteiger partial charge in [-0.05, 0) is 16.3 Å². The number of hydrogen-bond acceptors (Lipinski definition) is 1. The van der Waals surface area contributed by atoms with Gasteiger partial charge in [-0.2, -0.15) is 0 Å². The molecule has 0 aliphatic heterocycles. The topological polar surface area (TPSA) is 37.3 Å². The maximum atomic E-state index is 10.5. The molecule has 0 bridgehead atoms. The second-order valence-electron chi connectivity index (χ2n) is 3.25. The van der Waals surface area contributed by atoms with Gasteiger partial charge in [-0.25, -0.2) is 0 Å². The van der Waals surface area contributed by atoms with E-state index in [4.69, 9.17) is 5.11 Å². The van der Waals surface area contributed by atoms with Gasteiger partial charge < -0.3 is 5.11 Å². The van der Waals surface area contributed by atoms with Crippen molar-refractivity contribution in [2.24, 2.45) is 0 Å². The van der Waals surface area contributed by atoms with E-state index in [0.29, 0.717) is 0 Å². The Bertz CT molecular complexity index is 489. The minimum absolute atomic E-state index is 0.0881. The zero-order chi connectivity index (χ0) is 12.0. The molecule has 16 heavy (non-hydrogen) atoms. The summed E-state index contributed by atoms with van der Waals surface area (Å²) in [5, 5.41) is 10.9. The van der Waals surface area contributed by atoms with Gasteiger partial charge in [0.05, 0.1) is 6.42 Å². The van der Waals surface area contributed by atoms with Crippen LogP contribution in [0.25, 0.3) is 10.8 Å². The quantitative estimate of drug-likeness (QED) is 0.779. The first kappa shape index (κ1) is 12.0. The molecule has 0 fully saturated rings. The molecule has 2 rings (SSSR count). The van der Waals surface area contributed by atoms with Crippen LogP contribution in [0, 0.1) is 0 Å². The van der Waals surface area contributed by atoms with Crippen molar-refractivity contribution in [2.45, 2.75) is 6.42 Å². The van der Waals surface area contributed by atoms with E-state index < -0.39 is 5.97 Å². The Morgan fingerprint density at radius 3 is 2.31 bits per heavy atom. The standard InChI is InChI=1S/C12H10O2.C2H4/c13-12(14)8-9-5-6-10-3-1-2-4-11(10)7-9;1-2/h1-7H,8H2,(H,13,14);1-2H2. The molecule has 2 heteroatoms. The van der Waals surface area contributed by atoms with E-state index in [1.54, 1.807) is 0 Å². The Hall–Kier alpha value is -2.09. The second-order valence-corrected chi connectivity index (χ2v) is 3.25. The lowest BCUT2D eigenvalue weighted by atomic mass is 10.1. The third-order valence-electron chi connectivity index (χ3n) is 2.17. The number of benzene rings is 2. The Balaban J connectivity index is 0.000000606. The number of carboxylic acid groups (broad SMARTS) is 1. The molecule has 0 heterocycles. The average Bonchev–Trinajstić information content (AvgIpc) is 2.31. The lowest BCUT2D eigenvalue weighted by molar-refractivity contribution is -0.136. The fourth-order valence-electron chi connectivity index (χ4n) is 1.52. The highest BCUT2D eigenvalue weighted by Crippen LogP contribution is 2.15. The third-order valence-corrected chi connectivity index (χ3v) is 2.17. The average molecular weight is 214 g/mol. The van der Waals surface area contributed by atoms with E-state index >= 15 is 0 Å². The van der Waals surface area contributed by atoms with Crippen molar-refractivity contribution in [1.82, 2.24) is 0 Å². The first-order valence-corrected chi connectivity index (χ1v) is 4.95. The molecular formula is C14H14O2. The van der Waals surface area contributed by atoms with Gasteiger partial charge in [0.2, 0.25) is 0 Å². The molecule has 82 valence electrons. The molecule has 0 saturated heterocycles. The molecule has 0 radical (unpaired) electrons. The fraction of sp³-hybridized carbons (Fsp3) is 0.0714. The molecule has 2 nitrogen and oxygen atoms in total. The van der Waals surface area contributed by atoms with E-state index in [-0.39, 0.29) is 6.42 Å². The number of carboxylic acids is 1. The van der Waals surface area contributed by atoms with Crippen molar-refractivity contribution in [3.8, 4) is 0 Å². The lowest BCUT2D eigenvalue weighted by Gasteiger charge is -2.00. The van der Waals surface area contributed by atoms with Crippen molar-refractivity contribution >= 4 is 16.7 Å². The Morgan fingerprint density at radius 1 is 1.06 bits per heavy atom. The minimum Gasteiger partial charge on any atom is -0.481 e. The number of hydrogen-bond donors (Lipinski definition) is 1. The molecule has 0 amide bonds. The summed E-state index contributed by atoms with van der Waals surface area (Å²) in [7, 11) is 0. The molecule has 0 aliphatic carbocycles. The molecule has 2 aromatic rings. The van der Waals surface area contributed by atoms with E-state index in [0.717, 1.165) is 16.3 Å². The molecule has 0 unspecified atom stereocenters. The van der Waals surface area contributed by atoms with Gasteiger partial charge in [0.15, 0.2) is 0 Å². The number of rotatable bonds is 2. The maximum absolute atomic E-state index is 10.5. The number of fused-ring (bicyclic) bond motifs is 1. The minimum atomic E-state index is -0.791. The summed E-state index contributed by atoms with van der Waals surface area (Å²) in [5.41, 5.74) is 0.844. The Kier molecular flexibility index (Phi) is 4.28. The third kappa shape index (κ3) is 2.95. The summed E-state index contributed by atoms with van der Waals surface area (Å²) in [6.07, 6.45) is 0.0881. The molecular weight excluding hydrogens is 200 g/mol. The van der Waals surface area contributed by atoms with Gasteiger partial charge >= 0.3 is 5.97 Å². The van der Waals surface area contributed by atoms with Gasteiger partial charge in [0, 0.05) is 0 Å². The van der Waals surface area contributed by atoms with Crippen molar-refractivity contribution in [2.75, 3.05) is 0 Å². The Labute approximate surface area is 94.8 Å². The van der Waals surface area contributed by atoms with Crippen molar-refractivity contribution in [3.05, 3.63) is 61.2 Å². The van der Waals surface area contributed by atoms with Crippen molar-refractivity contribution in [1.29, 1.82) is 0 Å². The Morgan fingerprint density at radius 2 is 1.69 bits per heavy atom. The van der Waals surface area contributed by atoms with Crippen LogP contribution in [0.3, 0.4) is 0 Å². The predicted octanol–water partition coefficient (Wildman–Crippen LogP) is 3.27. The zero-order valence-electron chi connectivity index (χ0n) is 9.02. The molecule has 1 N–H and O–H groups in total. The van der Waals surface area contributed by atoms with Crippen LogP contribution in [0.5, 0.6) is 0 Å². The largest absolute Gasteiger partial charge is 0.481 e. The van der Waals surface area contributed by atoms with Crippen LogP contribution in [0.2, 0.25) is 0 Å². The number of carbonyl (C=O) groups is 1. The maximum Gasteiger partial charge on any atom is 0.307 e. The highest BCUT2D eigenvalue weighted by Gasteiger charge is 2.00. The van der Waals surface area contributed by atoms with Gasteiger partial charge in [0.25, 0.3) is 0 Å². The second kappa shape index (κ2) is 5.71. The summed E-state index contributed by atoms with van der Waals surface area (Å²) >= 11 is 0. The van der Waals surface area contributed by atoms with Crippen LogP contribution in [-0.2, 0) is 11.2 Å². The zero-order valence-corrected chi connectivity index (χ0v) is 9.02. The van der Waals surface area contributed by atoms with Crippen LogP contribution in [0.4, 0.5) is 0 Å². The van der Waals surface area contributed by atoms with Crippen LogP contribution in [-0.4, -0.2) is 11.1 Å². The highest BCUT2D eigenvalue weighted by atomic mass is 16.4. The fourth-order valence-corrected chi connectivity index (χ4v) is 1.52. The first-order valence-electron chi connectivity index (χ1n) is 4.95. The van der Waals surface area contributed by atoms with Crippen LogP contribution >= 0.6 is 0 Å². The predicted molar refractivity (Wildman–Crippen MR) is 66.5 cm³/mol. The molecule has 2 aromatic carbocycles. The molecule has 0 spiro atoms. The van der Waals surface area contributed by atoms with Gasteiger partial charge in [0.1, 0.15) is 0 Å². The summed E-state index contributed by atoms with van der Waals surface area (Å²) < 4.78 is 0. The van der Waals surface area contributed by atoms with Crippen LogP contribution in [0.1, 0.15) is 5.56 Å². The van der Waals surface area contributed by atoms with Gasteiger partial charge in [-0.1, -0.05) is 42.5 Å². The van der Waals surface area contributed by atoms with E-state index in [1.807, 2.05) is 42.5 Å². The smallest absolute Gasteiger partial charge is 0.307 e. The molecule has 0 atom stereocenters. The summed E-state index contributed by atoms with van der Waals surface area (Å²) in [6, 6.07) is 13.7. The van der Waals surface area contributed by atoms with Crippen LogP contribution in [0.15, 0.2) is 55.6 Å². The van der Waals surface area contributed by atoms with Crippen molar-refractivity contribution in [3.63, 3.8) is 0 Å². The molecule has 0 aromatic heterocycles. The summed E-state index contributed by atoms with van der Waals surface area (Å²) in [5.74, 6) is -0.791. The monoisotopic (exact) mass is 214 g/mol. The van der Waals surface area contributed by atoms with Gasteiger partial charge in [-0.3, -0.25) is 4.79 Å². The normalized spacial score (nSPS) is 9.25. The van der Waals surface area contributed by atoms with E-state index in [9.17, 15) is 4.79 Å². The summed E-state index contributed by atoms with van der Waals surface area (Å²) in [6.45, 7) is 6.00. The first-order chi connectivity index (χ1) is 7.75. The molecule has 0 saturated carbocycles. The number of aliphatic carboxylic acids is 1. The van der Waals surface area contributed by atoms with Crippen LogP contribution < -0.4 is 0 Å². The lowest BCUT2D eigenvalue weighted by Crippen LogP contribution is -1.99. The highest BCUT2D eigenvalue weighted by molar-refractivity contribution is 5.84. The molecule has 0 aliphatic rings. The van der Waals surface area contributed by atoms with E-state index in [2.05, 4.69) is 13.2 Å². The van der Waals surface area contributed by atoms with Gasteiger partial charge in [-0.15, -0.1) is 13.2 Å². The summed E-state index contributed by atoms with van der Waals surface area (Å²) in [4.78, 5) is 10.5. The van der Waals surface area contributed by atoms with E-state index in [1.165, 1.54) is 0 Å². The SMILES string of the molecule is C=C.O=C(O)Cc1ccc2ccccc2c1. The van der Waals surface area contributed by atoms with Crippen molar-refractivity contribution < 1.29 is 9.90 Å².